The Morgan fingerprint density at radius 1 is 1.23 bits per heavy atom. The van der Waals surface area contributed by atoms with Crippen molar-refractivity contribution in [2.45, 2.75) is 44.2 Å². The van der Waals surface area contributed by atoms with Crippen molar-refractivity contribution in [3.8, 4) is 11.7 Å². The third kappa shape index (κ3) is 1.19. The van der Waals surface area contributed by atoms with E-state index in [1.54, 1.807) is 6.26 Å². The average Bonchev–Trinajstić information content (AvgIpc) is 3.23. The molecule has 114 valence electrons. The molecule has 2 heterocycles. The first kappa shape index (κ1) is 11.9. The maximum Gasteiger partial charge on any atom is 0.293 e. The van der Waals surface area contributed by atoms with Crippen LogP contribution in [0, 0.1) is 23.2 Å². The maximum atomic E-state index is 5.30. The van der Waals surface area contributed by atoms with Crippen LogP contribution in [0.15, 0.2) is 27.3 Å². The number of nitrogens with zero attached hydrogens (tertiary/aromatic N) is 2. The lowest BCUT2D eigenvalue weighted by molar-refractivity contribution is -0.207. The van der Waals surface area contributed by atoms with Gasteiger partial charge in [0.15, 0.2) is 11.6 Å². The summed E-state index contributed by atoms with van der Waals surface area (Å²) >= 11 is 0. The van der Waals surface area contributed by atoms with E-state index in [-0.39, 0.29) is 0 Å². The molecule has 1 spiro atoms. The number of nitrogens with one attached hydrogen (secondary N) is 1. The van der Waals surface area contributed by atoms with Gasteiger partial charge in [-0.3, -0.25) is 0 Å². The van der Waals surface area contributed by atoms with E-state index >= 15 is 0 Å². The Morgan fingerprint density at radius 3 is 3.05 bits per heavy atom. The van der Waals surface area contributed by atoms with Crippen molar-refractivity contribution in [3.05, 3.63) is 24.2 Å². The summed E-state index contributed by atoms with van der Waals surface area (Å²) in [5, 5.41) is 7.93. The van der Waals surface area contributed by atoms with Crippen molar-refractivity contribution in [1.29, 1.82) is 0 Å². The molecule has 1 N–H and O–H groups in total. The maximum absolute atomic E-state index is 5.30. The molecule has 0 aliphatic heterocycles. The molecule has 0 amide bonds. The minimum atomic E-state index is 0.384. The molecule has 0 saturated heterocycles. The monoisotopic (exact) mass is 297 g/mol. The topological polar surface area (TPSA) is 64.1 Å². The fourth-order valence-electron chi connectivity index (χ4n) is 6.57. The molecule has 5 nitrogen and oxygen atoms in total. The zero-order valence-corrected chi connectivity index (χ0v) is 12.4. The minimum Gasteiger partial charge on any atom is -0.459 e. The van der Waals surface area contributed by atoms with Crippen LogP contribution in [-0.4, -0.2) is 15.7 Å². The SMILES string of the molecule is c1coc(-c2nc(CNC34CC5CC6CC(C3)C64C5)no2)c1. The van der Waals surface area contributed by atoms with Crippen molar-refractivity contribution < 1.29 is 8.94 Å². The van der Waals surface area contributed by atoms with Crippen LogP contribution in [0.1, 0.15) is 37.9 Å². The molecule has 4 saturated carbocycles. The zero-order chi connectivity index (χ0) is 14.4. The molecule has 2 aromatic rings. The van der Waals surface area contributed by atoms with Crippen LogP contribution in [-0.2, 0) is 6.54 Å². The fraction of sp³-hybridized carbons (Fsp3) is 0.647. The van der Waals surface area contributed by atoms with Crippen molar-refractivity contribution >= 4 is 0 Å². The van der Waals surface area contributed by atoms with E-state index < -0.39 is 0 Å². The van der Waals surface area contributed by atoms with Crippen LogP contribution < -0.4 is 5.32 Å². The Hall–Kier alpha value is -1.62. The van der Waals surface area contributed by atoms with Gasteiger partial charge in [0.1, 0.15) is 0 Å². The van der Waals surface area contributed by atoms with Gasteiger partial charge in [0, 0.05) is 5.54 Å². The van der Waals surface area contributed by atoms with Gasteiger partial charge in [-0.05, 0) is 67.4 Å². The van der Waals surface area contributed by atoms with E-state index in [1.165, 1.54) is 32.1 Å². The molecule has 2 aromatic heterocycles. The molecule has 0 aromatic carbocycles. The van der Waals surface area contributed by atoms with Crippen molar-refractivity contribution in [2.24, 2.45) is 23.2 Å². The van der Waals surface area contributed by atoms with E-state index in [4.69, 9.17) is 8.94 Å². The minimum absolute atomic E-state index is 0.384. The molecule has 5 heteroatoms. The van der Waals surface area contributed by atoms with E-state index in [2.05, 4.69) is 15.5 Å². The highest BCUT2D eigenvalue weighted by Crippen LogP contribution is 2.82. The Labute approximate surface area is 128 Å². The third-order valence-electron chi connectivity index (χ3n) is 7.18. The lowest BCUT2D eigenvalue weighted by Gasteiger charge is -2.73. The molecule has 4 aliphatic carbocycles. The summed E-state index contributed by atoms with van der Waals surface area (Å²) in [6, 6.07) is 3.67. The second-order valence-electron chi connectivity index (χ2n) is 7.81. The number of hydrogen-bond acceptors (Lipinski definition) is 5. The van der Waals surface area contributed by atoms with Gasteiger partial charge < -0.3 is 14.3 Å². The summed E-state index contributed by atoms with van der Waals surface area (Å²) in [4.78, 5) is 4.45. The van der Waals surface area contributed by atoms with E-state index in [9.17, 15) is 0 Å². The summed E-state index contributed by atoms with van der Waals surface area (Å²) in [5.74, 6) is 4.81. The van der Waals surface area contributed by atoms with Crippen LogP contribution in [0.4, 0.5) is 0 Å². The Bertz CT molecular complexity index is 739. The van der Waals surface area contributed by atoms with Gasteiger partial charge in [0.25, 0.3) is 5.89 Å². The van der Waals surface area contributed by atoms with Gasteiger partial charge in [0.05, 0.1) is 12.8 Å². The highest BCUT2D eigenvalue weighted by atomic mass is 16.5. The second kappa shape index (κ2) is 3.65. The van der Waals surface area contributed by atoms with Gasteiger partial charge in [0.2, 0.25) is 0 Å². The molecule has 22 heavy (non-hydrogen) atoms. The van der Waals surface area contributed by atoms with Crippen molar-refractivity contribution in [2.75, 3.05) is 0 Å². The van der Waals surface area contributed by atoms with Crippen LogP contribution >= 0.6 is 0 Å². The van der Waals surface area contributed by atoms with Crippen LogP contribution in [0.2, 0.25) is 0 Å². The predicted molar refractivity (Wildman–Crippen MR) is 77.6 cm³/mol. The quantitative estimate of drug-likeness (QED) is 0.940. The van der Waals surface area contributed by atoms with Crippen molar-refractivity contribution in [1.82, 2.24) is 15.5 Å². The predicted octanol–water partition coefficient (Wildman–Crippen LogP) is 3.00. The first-order valence-corrected chi connectivity index (χ1v) is 8.41. The lowest BCUT2D eigenvalue weighted by atomic mass is 9.35. The van der Waals surface area contributed by atoms with Crippen molar-refractivity contribution in [3.63, 3.8) is 0 Å². The zero-order valence-electron chi connectivity index (χ0n) is 12.4. The fourth-order valence-corrected chi connectivity index (χ4v) is 6.57. The molecular formula is C17H19N3O2. The number of furan rings is 1. The van der Waals surface area contributed by atoms with E-state index in [0.29, 0.717) is 29.1 Å². The molecule has 0 radical (unpaired) electrons. The molecule has 6 rings (SSSR count). The van der Waals surface area contributed by atoms with E-state index in [1.807, 2.05) is 12.1 Å². The molecule has 4 aliphatic rings. The molecule has 5 unspecified atom stereocenters. The van der Waals surface area contributed by atoms with Crippen LogP contribution in [0.25, 0.3) is 11.7 Å². The van der Waals surface area contributed by atoms with Crippen LogP contribution in [0.3, 0.4) is 0 Å². The second-order valence-corrected chi connectivity index (χ2v) is 7.81. The number of hydrogen-bond donors (Lipinski definition) is 1. The smallest absolute Gasteiger partial charge is 0.293 e. The number of fused-ring (bicyclic) bond motifs is 1. The van der Waals surface area contributed by atoms with Gasteiger partial charge in [-0.1, -0.05) is 5.16 Å². The van der Waals surface area contributed by atoms with Gasteiger partial charge in [-0.25, -0.2) is 0 Å². The molecule has 2 bridgehead atoms. The van der Waals surface area contributed by atoms with Gasteiger partial charge >= 0.3 is 0 Å². The third-order valence-corrected chi connectivity index (χ3v) is 7.18. The number of rotatable bonds is 4. The highest BCUT2D eigenvalue weighted by molar-refractivity contribution is 5.42. The molecule has 4 fully saturated rings. The Balaban J connectivity index is 1.22. The van der Waals surface area contributed by atoms with Gasteiger partial charge in [-0.15, -0.1) is 0 Å². The summed E-state index contributed by atoms with van der Waals surface area (Å²) in [6.45, 7) is 0.706. The first-order chi connectivity index (χ1) is 10.8. The summed E-state index contributed by atoms with van der Waals surface area (Å²) in [7, 11) is 0. The first-order valence-electron chi connectivity index (χ1n) is 8.41. The normalized spacial score (nSPS) is 43.7. The largest absolute Gasteiger partial charge is 0.459 e. The Morgan fingerprint density at radius 2 is 2.23 bits per heavy atom. The van der Waals surface area contributed by atoms with Gasteiger partial charge in [-0.2, -0.15) is 4.98 Å². The van der Waals surface area contributed by atoms with E-state index in [0.717, 1.165) is 23.6 Å². The summed E-state index contributed by atoms with van der Waals surface area (Å²) in [5.41, 5.74) is 1.03. The standard InChI is InChI=1S/C17H19N3O2/c1-2-13(21-3-1)15-19-14(20-22-15)9-18-16-6-10-4-11-5-12(8-16)17(11,16)7-10/h1-3,10-12,18H,4-9H2. The number of aromatic nitrogens is 2. The molecular weight excluding hydrogens is 278 g/mol. The average molecular weight is 297 g/mol. The lowest BCUT2D eigenvalue weighted by Crippen LogP contribution is -2.75. The summed E-state index contributed by atoms with van der Waals surface area (Å²) in [6.07, 6.45) is 8.80. The van der Waals surface area contributed by atoms with Crippen LogP contribution in [0.5, 0.6) is 0 Å². The Kier molecular flexibility index (Phi) is 1.97. The summed E-state index contributed by atoms with van der Waals surface area (Å²) < 4.78 is 10.6. The highest BCUT2D eigenvalue weighted by Gasteiger charge is 2.80. The molecule has 5 atom stereocenters.